The first-order valence-corrected chi connectivity index (χ1v) is 12.1. The molecule has 0 spiro atoms. The summed E-state index contributed by atoms with van der Waals surface area (Å²) in [6.07, 6.45) is 0. The molecule has 0 fully saturated rings. The molecule has 0 aliphatic heterocycles. The largest absolute Gasteiger partial charge is 0.310 e. The molecule has 0 radical (unpaired) electrons. The Morgan fingerprint density at radius 1 is 0.750 bits per heavy atom. The first-order chi connectivity index (χ1) is 15.3. The van der Waals surface area contributed by atoms with Gasteiger partial charge in [-0.2, -0.15) is 0 Å². The van der Waals surface area contributed by atoms with Crippen molar-refractivity contribution in [2.75, 3.05) is 4.90 Å². The van der Waals surface area contributed by atoms with Crippen LogP contribution in [0.5, 0.6) is 0 Å². The van der Waals surface area contributed by atoms with Crippen molar-refractivity contribution in [1.29, 1.82) is 0 Å². The van der Waals surface area contributed by atoms with Crippen LogP contribution in [-0.4, -0.2) is 0 Å². The molecule has 5 aromatic rings. The highest BCUT2D eigenvalue weighted by atomic mass is 35.5. The van der Waals surface area contributed by atoms with Gasteiger partial charge in [-0.15, -0.1) is 11.3 Å². The summed E-state index contributed by atoms with van der Waals surface area (Å²) in [5.74, 6) is 0. The number of rotatable bonds is 3. The van der Waals surface area contributed by atoms with Gasteiger partial charge in [0.05, 0.1) is 5.69 Å². The highest BCUT2D eigenvalue weighted by Crippen LogP contribution is 2.45. The fraction of sp³-hybridized carbons (Fsp3) is 0.172. The zero-order chi connectivity index (χ0) is 22.5. The number of benzene rings is 4. The van der Waals surface area contributed by atoms with Gasteiger partial charge < -0.3 is 4.90 Å². The summed E-state index contributed by atoms with van der Waals surface area (Å²) in [4.78, 5) is 2.34. The van der Waals surface area contributed by atoms with Gasteiger partial charge >= 0.3 is 0 Å². The molecule has 0 unspecified atom stereocenters. The van der Waals surface area contributed by atoms with E-state index >= 15 is 0 Å². The van der Waals surface area contributed by atoms with Crippen molar-refractivity contribution in [3.63, 3.8) is 0 Å². The quantitative estimate of drug-likeness (QED) is 0.261. The van der Waals surface area contributed by atoms with Gasteiger partial charge in [0.25, 0.3) is 0 Å². The molecule has 1 heterocycles. The minimum Gasteiger partial charge on any atom is -0.310 e. The fourth-order valence-electron chi connectivity index (χ4n) is 4.33. The molecule has 0 aliphatic carbocycles. The van der Waals surface area contributed by atoms with E-state index in [0.717, 1.165) is 22.0 Å². The van der Waals surface area contributed by atoms with Crippen LogP contribution in [0, 0.1) is 6.92 Å². The number of hydrogen-bond acceptors (Lipinski definition) is 2. The van der Waals surface area contributed by atoms with Crippen molar-refractivity contribution in [3.05, 3.63) is 101 Å². The first kappa shape index (κ1) is 21.1. The van der Waals surface area contributed by atoms with Gasteiger partial charge in [0.1, 0.15) is 0 Å². The number of nitrogens with zero attached hydrogens (tertiary/aromatic N) is 1. The molecule has 5 rings (SSSR count). The van der Waals surface area contributed by atoms with Crippen LogP contribution in [0.4, 0.5) is 17.1 Å². The van der Waals surface area contributed by atoms with Crippen molar-refractivity contribution >= 4 is 60.2 Å². The second-order valence-corrected chi connectivity index (χ2v) is 10.9. The summed E-state index contributed by atoms with van der Waals surface area (Å²) in [5, 5.41) is 3.32. The van der Waals surface area contributed by atoms with Crippen LogP contribution < -0.4 is 4.90 Å². The van der Waals surface area contributed by atoms with Gasteiger partial charge in [-0.3, -0.25) is 0 Å². The Bertz CT molecular complexity index is 1400. The Kier molecular flexibility index (Phi) is 5.23. The first-order valence-electron chi connectivity index (χ1n) is 10.9. The predicted molar refractivity (Wildman–Crippen MR) is 142 cm³/mol. The van der Waals surface area contributed by atoms with E-state index in [1.807, 2.05) is 17.4 Å². The number of halogens is 1. The smallest absolute Gasteiger partial charge is 0.0554 e. The molecule has 0 amide bonds. The van der Waals surface area contributed by atoms with Crippen molar-refractivity contribution < 1.29 is 0 Å². The molecule has 1 aromatic heterocycles. The summed E-state index contributed by atoms with van der Waals surface area (Å²) in [6, 6.07) is 30.5. The van der Waals surface area contributed by atoms with E-state index in [-0.39, 0.29) is 5.41 Å². The molecule has 32 heavy (non-hydrogen) atoms. The van der Waals surface area contributed by atoms with E-state index in [9.17, 15) is 0 Å². The van der Waals surface area contributed by atoms with Crippen LogP contribution >= 0.6 is 22.9 Å². The van der Waals surface area contributed by atoms with E-state index in [4.69, 9.17) is 11.6 Å². The van der Waals surface area contributed by atoms with E-state index in [2.05, 4.69) is 111 Å². The Morgan fingerprint density at radius 2 is 1.47 bits per heavy atom. The lowest BCUT2D eigenvalue weighted by molar-refractivity contribution is 0.590. The van der Waals surface area contributed by atoms with Crippen molar-refractivity contribution in [3.8, 4) is 0 Å². The minimum atomic E-state index is 0.111. The highest BCUT2D eigenvalue weighted by Gasteiger charge is 2.20. The lowest BCUT2D eigenvalue weighted by atomic mass is 9.87. The lowest BCUT2D eigenvalue weighted by Gasteiger charge is -2.28. The summed E-state index contributed by atoms with van der Waals surface area (Å²) in [7, 11) is 0. The Hall–Kier alpha value is -2.81. The zero-order valence-corrected chi connectivity index (χ0v) is 20.4. The zero-order valence-electron chi connectivity index (χ0n) is 18.8. The maximum atomic E-state index is 6.52. The Morgan fingerprint density at radius 3 is 2.19 bits per heavy atom. The maximum absolute atomic E-state index is 6.52. The standard InChI is InChI=1S/C29H26ClNS/c1-19-16-21(30)18-23(17-19)31(22-14-12-20(13-15-22)29(2,3)4)25-9-7-11-27-28(25)24-8-5-6-10-26(24)32-27/h5-18H,1-4H3. The van der Waals surface area contributed by atoms with Gasteiger partial charge in [0, 0.05) is 36.6 Å². The van der Waals surface area contributed by atoms with Crippen LogP contribution in [0.15, 0.2) is 84.9 Å². The monoisotopic (exact) mass is 455 g/mol. The molecule has 0 aliphatic rings. The van der Waals surface area contributed by atoms with Gasteiger partial charge in [-0.25, -0.2) is 0 Å². The fourth-order valence-corrected chi connectivity index (χ4v) is 5.74. The third kappa shape index (κ3) is 3.79. The van der Waals surface area contributed by atoms with Gasteiger partial charge in [0.2, 0.25) is 0 Å². The van der Waals surface area contributed by atoms with Crippen molar-refractivity contribution in [2.45, 2.75) is 33.1 Å². The summed E-state index contributed by atoms with van der Waals surface area (Å²) < 4.78 is 2.60. The number of thiophene rings is 1. The SMILES string of the molecule is Cc1cc(Cl)cc(N(c2ccc(C(C)(C)C)cc2)c2cccc3sc4ccccc4c23)c1. The average molecular weight is 456 g/mol. The molecule has 0 saturated carbocycles. The van der Waals surface area contributed by atoms with Crippen LogP contribution in [0.2, 0.25) is 5.02 Å². The number of anilines is 3. The molecule has 0 bridgehead atoms. The third-order valence-electron chi connectivity index (χ3n) is 5.90. The molecule has 0 saturated heterocycles. The van der Waals surface area contributed by atoms with E-state index in [1.54, 1.807) is 0 Å². The lowest BCUT2D eigenvalue weighted by Crippen LogP contribution is -2.13. The third-order valence-corrected chi connectivity index (χ3v) is 7.25. The molecule has 3 heteroatoms. The molecule has 160 valence electrons. The van der Waals surface area contributed by atoms with Gasteiger partial charge in [-0.1, -0.05) is 68.8 Å². The van der Waals surface area contributed by atoms with Crippen LogP contribution in [-0.2, 0) is 5.41 Å². The van der Waals surface area contributed by atoms with Crippen LogP contribution in [0.25, 0.3) is 20.2 Å². The van der Waals surface area contributed by atoms with E-state index < -0.39 is 0 Å². The van der Waals surface area contributed by atoms with Crippen molar-refractivity contribution in [2.24, 2.45) is 0 Å². The second kappa shape index (κ2) is 7.95. The summed E-state index contributed by atoms with van der Waals surface area (Å²) >= 11 is 8.36. The molecular formula is C29H26ClNS. The Labute approximate surface area is 198 Å². The predicted octanol–water partition coefficient (Wildman–Crippen LogP) is 9.78. The summed E-state index contributed by atoms with van der Waals surface area (Å²) in [6.45, 7) is 8.84. The van der Waals surface area contributed by atoms with Gasteiger partial charge in [0.15, 0.2) is 0 Å². The molecule has 0 N–H and O–H groups in total. The molecule has 0 atom stereocenters. The van der Waals surface area contributed by atoms with Crippen molar-refractivity contribution in [1.82, 2.24) is 0 Å². The van der Waals surface area contributed by atoms with Crippen LogP contribution in [0.3, 0.4) is 0 Å². The van der Waals surface area contributed by atoms with Crippen LogP contribution in [0.1, 0.15) is 31.9 Å². The second-order valence-electron chi connectivity index (χ2n) is 9.37. The maximum Gasteiger partial charge on any atom is 0.0554 e. The average Bonchev–Trinajstić information content (AvgIpc) is 3.12. The highest BCUT2D eigenvalue weighted by molar-refractivity contribution is 7.26. The number of hydrogen-bond donors (Lipinski definition) is 0. The topological polar surface area (TPSA) is 3.24 Å². The minimum absolute atomic E-state index is 0.111. The van der Waals surface area contributed by atoms with Gasteiger partial charge in [-0.05, 0) is 72.0 Å². The number of fused-ring (bicyclic) bond motifs is 3. The molecule has 4 aromatic carbocycles. The number of aryl methyl sites for hydroxylation is 1. The normalized spacial score (nSPS) is 11.9. The molecular weight excluding hydrogens is 430 g/mol. The molecule has 1 nitrogen and oxygen atoms in total. The Balaban J connectivity index is 1.79. The van der Waals surface area contributed by atoms with E-state index in [0.29, 0.717) is 0 Å². The summed E-state index contributed by atoms with van der Waals surface area (Å²) in [5.41, 5.74) is 5.95. The van der Waals surface area contributed by atoms with E-state index in [1.165, 1.54) is 31.4 Å².